The van der Waals surface area contributed by atoms with Crippen molar-refractivity contribution in [2.75, 3.05) is 53.0 Å². The van der Waals surface area contributed by atoms with Crippen LogP contribution in [-0.2, 0) is 4.74 Å². The van der Waals surface area contributed by atoms with Gasteiger partial charge < -0.3 is 20.3 Å². The molecule has 2 rings (SSSR count). The fourth-order valence-electron chi connectivity index (χ4n) is 2.98. The molecule has 1 atom stereocenters. The van der Waals surface area contributed by atoms with Gasteiger partial charge in [0.25, 0.3) is 0 Å². The highest BCUT2D eigenvalue weighted by Gasteiger charge is 2.22. The van der Waals surface area contributed by atoms with Gasteiger partial charge in [-0.15, -0.1) is 0 Å². The summed E-state index contributed by atoms with van der Waals surface area (Å²) < 4.78 is 5.64. The van der Waals surface area contributed by atoms with E-state index in [1.165, 1.54) is 45.3 Å². The van der Waals surface area contributed by atoms with Crippen LogP contribution in [0.25, 0.3) is 0 Å². The van der Waals surface area contributed by atoms with Crippen LogP contribution >= 0.6 is 0 Å². The summed E-state index contributed by atoms with van der Waals surface area (Å²) >= 11 is 0. The summed E-state index contributed by atoms with van der Waals surface area (Å²) in [7, 11) is 1.84. The highest BCUT2D eigenvalue weighted by atomic mass is 16.5. The molecule has 1 aliphatic carbocycles. The molecule has 128 valence electrons. The molecule has 1 aliphatic heterocycles. The summed E-state index contributed by atoms with van der Waals surface area (Å²) in [5, 5.41) is 6.84. The molecular formula is C17H34N4O. The average Bonchev–Trinajstić information content (AvgIpc) is 3.25. The third-order valence-corrected chi connectivity index (χ3v) is 4.50. The van der Waals surface area contributed by atoms with Crippen molar-refractivity contribution < 1.29 is 4.74 Å². The van der Waals surface area contributed by atoms with Crippen molar-refractivity contribution in [3.8, 4) is 0 Å². The Morgan fingerprint density at radius 1 is 1.23 bits per heavy atom. The van der Waals surface area contributed by atoms with Gasteiger partial charge in [0.05, 0.1) is 0 Å². The lowest BCUT2D eigenvalue weighted by atomic mass is 10.1. The van der Waals surface area contributed by atoms with Gasteiger partial charge in [0.1, 0.15) is 0 Å². The number of nitrogens with one attached hydrogen (secondary N) is 2. The maximum absolute atomic E-state index is 5.64. The van der Waals surface area contributed by atoms with E-state index in [0.717, 1.165) is 50.5 Å². The van der Waals surface area contributed by atoms with Crippen molar-refractivity contribution in [2.45, 2.75) is 39.0 Å². The molecule has 0 aromatic heterocycles. The van der Waals surface area contributed by atoms with Crippen LogP contribution in [0, 0.1) is 11.8 Å². The second-order valence-corrected chi connectivity index (χ2v) is 6.71. The lowest BCUT2D eigenvalue weighted by molar-refractivity contribution is 0.123. The van der Waals surface area contributed by atoms with Crippen molar-refractivity contribution in [3.05, 3.63) is 0 Å². The molecular weight excluding hydrogens is 276 g/mol. The molecule has 5 heteroatoms. The van der Waals surface area contributed by atoms with Gasteiger partial charge in [0.15, 0.2) is 5.96 Å². The van der Waals surface area contributed by atoms with Gasteiger partial charge in [-0.1, -0.05) is 6.92 Å². The monoisotopic (exact) mass is 310 g/mol. The first-order valence-corrected chi connectivity index (χ1v) is 9.06. The number of ether oxygens (including phenoxy) is 1. The first kappa shape index (κ1) is 17.5. The van der Waals surface area contributed by atoms with Crippen LogP contribution < -0.4 is 10.6 Å². The van der Waals surface area contributed by atoms with Crippen molar-refractivity contribution >= 4 is 5.96 Å². The molecule has 22 heavy (non-hydrogen) atoms. The molecule has 2 aliphatic rings. The van der Waals surface area contributed by atoms with Gasteiger partial charge in [0.2, 0.25) is 0 Å². The normalized spacial score (nSPS) is 23.0. The van der Waals surface area contributed by atoms with Crippen molar-refractivity contribution in [2.24, 2.45) is 16.8 Å². The fraction of sp³-hybridized carbons (Fsp3) is 0.941. The first-order chi connectivity index (χ1) is 10.8. The Kier molecular flexibility index (Phi) is 8.02. The molecule has 5 nitrogen and oxygen atoms in total. The number of likely N-dealkylation sites (tertiary alicyclic amines) is 1. The van der Waals surface area contributed by atoms with Crippen molar-refractivity contribution in [1.82, 2.24) is 15.5 Å². The summed E-state index contributed by atoms with van der Waals surface area (Å²) in [6, 6.07) is 0. The molecule has 1 saturated carbocycles. The highest BCUT2D eigenvalue weighted by Crippen LogP contribution is 2.28. The Labute approximate surface area is 135 Å². The molecule has 1 heterocycles. The number of nitrogens with zero attached hydrogens (tertiary/aromatic N) is 2. The SMILES string of the molecule is CCCN1CCC(CNC(=NC)NCCCOCC2CC2)C1. The van der Waals surface area contributed by atoms with E-state index in [2.05, 4.69) is 27.4 Å². The molecule has 0 spiro atoms. The summed E-state index contributed by atoms with van der Waals surface area (Å²) in [5.74, 6) is 2.55. The summed E-state index contributed by atoms with van der Waals surface area (Å²) in [6.07, 6.45) is 6.34. The maximum Gasteiger partial charge on any atom is 0.190 e. The minimum absolute atomic E-state index is 0.756. The largest absolute Gasteiger partial charge is 0.381 e. The van der Waals surface area contributed by atoms with Gasteiger partial charge in [-0.2, -0.15) is 0 Å². The van der Waals surface area contributed by atoms with Gasteiger partial charge in [-0.25, -0.2) is 0 Å². The predicted molar refractivity (Wildman–Crippen MR) is 92.4 cm³/mol. The standard InChI is InChI=1S/C17H34N4O/c1-3-9-21-10-7-16(13-21)12-20-17(18-2)19-8-4-11-22-14-15-5-6-15/h15-16H,3-14H2,1-2H3,(H2,18,19,20). The number of hydrogen-bond donors (Lipinski definition) is 2. The van der Waals surface area contributed by atoms with Gasteiger partial charge >= 0.3 is 0 Å². The average molecular weight is 310 g/mol. The van der Waals surface area contributed by atoms with Crippen LogP contribution in [0.5, 0.6) is 0 Å². The molecule has 2 fully saturated rings. The summed E-state index contributed by atoms with van der Waals surface area (Å²) in [4.78, 5) is 6.87. The van der Waals surface area contributed by atoms with E-state index in [4.69, 9.17) is 4.74 Å². The third-order valence-electron chi connectivity index (χ3n) is 4.50. The zero-order valence-corrected chi connectivity index (χ0v) is 14.4. The molecule has 0 aromatic carbocycles. The molecule has 1 unspecified atom stereocenters. The number of hydrogen-bond acceptors (Lipinski definition) is 3. The Balaban J connectivity index is 1.47. The maximum atomic E-state index is 5.64. The van der Waals surface area contributed by atoms with Crippen LogP contribution in [0.3, 0.4) is 0 Å². The number of rotatable bonds is 10. The molecule has 0 aromatic rings. The van der Waals surface area contributed by atoms with Crippen LogP contribution in [0.2, 0.25) is 0 Å². The second kappa shape index (κ2) is 10.1. The number of aliphatic imine (C=N–C) groups is 1. The third kappa shape index (κ3) is 6.97. The van der Waals surface area contributed by atoms with Crippen LogP contribution in [0.1, 0.15) is 39.0 Å². The van der Waals surface area contributed by atoms with Gasteiger partial charge in [-0.05, 0) is 57.0 Å². The van der Waals surface area contributed by atoms with Crippen molar-refractivity contribution in [3.63, 3.8) is 0 Å². The van der Waals surface area contributed by atoms with Crippen LogP contribution in [-0.4, -0.2) is 63.8 Å². The zero-order chi connectivity index (χ0) is 15.6. The summed E-state index contributed by atoms with van der Waals surface area (Å²) in [6.45, 7) is 9.75. The lowest BCUT2D eigenvalue weighted by Gasteiger charge is -2.17. The minimum Gasteiger partial charge on any atom is -0.381 e. The van der Waals surface area contributed by atoms with E-state index in [1.807, 2.05) is 7.05 Å². The van der Waals surface area contributed by atoms with Crippen LogP contribution in [0.4, 0.5) is 0 Å². The molecule has 1 saturated heterocycles. The van der Waals surface area contributed by atoms with E-state index < -0.39 is 0 Å². The first-order valence-electron chi connectivity index (χ1n) is 9.06. The fourth-order valence-corrected chi connectivity index (χ4v) is 2.98. The van der Waals surface area contributed by atoms with E-state index in [0.29, 0.717) is 0 Å². The Morgan fingerprint density at radius 3 is 2.82 bits per heavy atom. The van der Waals surface area contributed by atoms with E-state index in [-0.39, 0.29) is 0 Å². The second-order valence-electron chi connectivity index (χ2n) is 6.71. The zero-order valence-electron chi connectivity index (χ0n) is 14.4. The van der Waals surface area contributed by atoms with Crippen LogP contribution in [0.15, 0.2) is 4.99 Å². The Morgan fingerprint density at radius 2 is 2.09 bits per heavy atom. The van der Waals surface area contributed by atoms with Gasteiger partial charge in [-0.3, -0.25) is 4.99 Å². The van der Waals surface area contributed by atoms with Gasteiger partial charge in [0, 0.05) is 39.9 Å². The quantitative estimate of drug-likeness (QED) is 0.366. The molecule has 0 radical (unpaired) electrons. The lowest BCUT2D eigenvalue weighted by Crippen LogP contribution is -2.40. The van der Waals surface area contributed by atoms with E-state index in [1.54, 1.807) is 0 Å². The minimum atomic E-state index is 0.756. The Bertz CT molecular complexity index is 331. The molecule has 2 N–H and O–H groups in total. The van der Waals surface area contributed by atoms with E-state index >= 15 is 0 Å². The molecule has 0 bridgehead atoms. The van der Waals surface area contributed by atoms with Crippen molar-refractivity contribution in [1.29, 1.82) is 0 Å². The van der Waals surface area contributed by atoms with E-state index in [9.17, 15) is 0 Å². The smallest absolute Gasteiger partial charge is 0.190 e. The predicted octanol–water partition coefficient (Wildman–Crippen LogP) is 1.70. The number of guanidine groups is 1. The molecule has 0 amide bonds. The Hall–Kier alpha value is -0.810. The highest BCUT2D eigenvalue weighted by molar-refractivity contribution is 5.79. The topological polar surface area (TPSA) is 48.9 Å². The summed E-state index contributed by atoms with van der Waals surface area (Å²) in [5.41, 5.74) is 0.